The predicted octanol–water partition coefficient (Wildman–Crippen LogP) is 2.05. The average Bonchev–Trinajstić information content (AvgIpc) is 2.27. The quantitative estimate of drug-likeness (QED) is 0.699. The lowest BCUT2D eigenvalue weighted by atomic mass is 9.94. The zero-order chi connectivity index (χ0) is 9.97. The highest BCUT2D eigenvalue weighted by Gasteiger charge is 2.24. The maximum absolute atomic E-state index is 11.4. The first-order chi connectivity index (χ1) is 6.81. The number of halogens is 1. The van der Waals surface area contributed by atoms with Gasteiger partial charge in [-0.15, -0.1) is 11.6 Å². The van der Waals surface area contributed by atoms with E-state index in [-0.39, 0.29) is 17.6 Å². The monoisotopic (exact) mass is 210 g/mol. The van der Waals surface area contributed by atoms with Crippen molar-refractivity contribution in [3.05, 3.63) is 29.8 Å². The van der Waals surface area contributed by atoms with Crippen LogP contribution in [0.2, 0.25) is 0 Å². The fourth-order valence-corrected chi connectivity index (χ4v) is 1.86. The molecule has 2 rings (SSSR count). The first kappa shape index (κ1) is 9.53. The number of benzene rings is 1. The van der Waals surface area contributed by atoms with Gasteiger partial charge >= 0.3 is 0 Å². The molecule has 0 radical (unpaired) electrons. The van der Waals surface area contributed by atoms with Crippen molar-refractivity contribution in [2.75, 3.05) is 12.5 Å². The molecule has 1 aromatic rings. The molecule has 0 bridgehead atoms. The molecule has 2 nitrogen and oxygen atoms in total. The molecule has 0 saturated carbocycles. The fraction of sp³-hybridized carbons (Fsp3) is 0.364. The molecule has 0 saturated heterocycles. The van der Waals surface area contributed by atoms with Crippen LogP contribution in [0.15, 0.2) is 24.3 Å². The SMILES string of the molecule is O=C(CCl)C1COc2ccccc2C1. The number of Topliss-reactive ketones (excluding diaryl/α,β-unsaturated/α-hetero) is 1. The molecule has 0 aliphatic carbocycles. The maximum atomic E-state index is 11.4. The Hall–Kier alpha value is -1.02. The van der Waals surface area contributed by atoms with Crippen LogP contribution in [0.25, 0.3) is 0 Å². The Bertz CT molecular complexity index is 349. The first-order valence-corrected chi connectivity index (χ1v) is 5.14. The highest BCUT2D eigenvalue weighted by molar-refractivity contribution is 6.27. The molecule has 1 aromatic carbocycles. The Balaban J connectivity index is 2.17. The number of para-hydroxylation sites is 1. The van der Waals surface area contributed by atoms with E-state index in [9.17, 15) is 4.79 Å². The molecule has 1 unspecified atom stereocenters. The van der Waals surface area contributed by atoms with Gasteiger partial charge in [-0.05, 0) is 18.1 Å². The number of fused-ring (bicyclic) bond motifs is 1. The Labute approximate surface area is 87.8 Å². The lowest BCUT2D eigenvalue weighted by molar-refractivity contribution is -0.121. The Morgan fingerprint density at radius 1 is 1.50 bits per heavy atom. The van der Waals surface area contributed by atoms with Crippen molar-refractivity contribution >= 4 is 17.4 Å². The number of ketones is 1. The third kappa shape index (κ3) is 1.75. The summed E-state index contributed by atoms with van der Waals surface area (Å²) in [4.78, 5) is 11.4. The Morgan fingerprint density at radius 2 is 2.29 bits per heavy atom. The zero-order valence-corrected chi connectivity index (χ0v) is 8.46. The summed E-state index contributed by atoms with van der Waals surface area (Å²) in [6.07, 6.45) is 0.752. The molecule has 1 aliphatic rings. The summed E-state index contributed by atoms with van der Waals surface area (Å²) in [6, 6.07) is 7.80. The van der Waals surface area contributed by atoms with Gasteiger partial charge in [0.2, 0.25) is 0 Å². The number of carbonyl (C=O) groups excluding carboxylic acids is 1. The average molecular weight is 211 g/mol. The van der Waals surface area contributed by atoms with Gasteiger partial charge in [0.15, 0.2) is 5.78 Å². The summed E-state index contributed by atoms with van der Waals surface area (Å²) in [7, 11) is 0. The third-order valence-corrected chi connectivity index (χ3v) is 2.73. The Morgan fingerprint density at radius 3 is 3.07 bits per heavy atom. The van der Waals surface area contributed by atoms with Gasteiger partial charge in [-0.3, -0.25) is 4.79 Å². The van der Waals surface area contributed by atoms with E-state index in [0.29, 0.717) is 6.61 Å². The maximum Gasteiger partial charge on any atom is 0.154 e. The summed E-state index contributed by atoms with van der Waals surface area (Å²) in [5.41, 5.74) is 1.10. The summed E-state index contributed by atoms with van der Waals surface area (Å²) in [6.45, 7) is 0.461. The Kier molecular flexibility index (Phi) is 2.73. The molecule has 0 spiro atoms. The molecule has 74 valence electrons. The smallest absolute Gasteiger partial charge is 0.154 e. The molecule has 1 aliphatic heterocycles. The molecule has 14 heavy (non-hydrogen) atoms. The van der Waals surface area contributed by atoms with Crippen molar-refractivity contribution in [2.24, 2.45) is 5.92 Å². The van der Waals surface area contributed by atoms with E-state index in [4.69, 9.17) is 16.3 Å². The highest BCUT2D eigenvalue weighted by atomic mass is 35.5. The van der Waals surface area contributed by atoms with E-state index in [0.717, 1.165) is 17.7 Å². The molecule has 3 heteroatoms. The van der Waals surface area contributed by atoms with E-state index in [1.54, 1.807) is 0 Å². The molecule has 0 amide bonds. The largest absolute Gasteiger partial charge is 0.493 e. The van der Waals surface area contributed by atoms with E-state index in [2.05, 4.69) is 0 Å². The van der Waals surface area contributed by atoms with Gasteiger partial charge in [-0.1, -0.05) is 18.2 Å². The van der Waals surface area contributed by atoms with Crippen LogP contribution in [0.5, 0.6) is 5.75 Å². The topological polar surface area (TPSA) is 26.3 Å². The van der Waals surface area contributed by atoms with Crippen LogP contribution in [0.4, 0.5) is 0 Å². The number of carbonyl (C=O) groups is 1. The normalized spacial score (nSPS) is 19.6. The van der Waals surface area contributed by atoms with Gasteiger partial charge in [-0.25, -0.2) is 0 Å². The third-order valence-electron chi connectivity index (χ3n) is 2.47. The van der Waals surface area contributed by atoms with Gasteiger partial charge in [0, 0.05) is 0 Å². The van der Waals surface area contributed by atoms with Crippen molar-refractivity contribution in [3.8, 4) is 5.75 Å². The van der Waals surface area contributed by atoms with E-state index >= 15 is 0 Å². The summed E-state index contributed by atoms with van der Waals surface area (Å²) in [5.74, 6) is 0.977. The van der Waals surface area contributed by atoms with E-state index in [1.807, 2.05) is 24.3 Å². The van der Waals surface area contributed by atoms with Crippen molar-refractivity contribution in [3.63, 3.8) is 0 Å². The van der Waals surface area contributed by atoms with Gasteiger partial charge in [0.05, 0.1) is 18.4 Å². The fourth-order valence-electron chi connectivity index (χ4n) is 1.64. The van der Waals surface area contributed by atoms with E-state index in [1.165, 1.54) is 0 Å². The van der Waals surface area contributed by atoms with Crippen LogP contribution in [0.3, 0.4) is 0 Å². The summed E-state index contributed by atoms with van der Waals surface area (Å²) in [5, 5.41) is 0. The second-order valence-corrected chi connectivity index (χ2v) is 3.69. The highest BCUT2D eigenvalue weighted by Crippen LogP contribution is 2.27. The zero-order valence-electron chi connectivity index (χ0n) is 7.70. The number of rotatable bonds is 2. The van der Waals surface area contributed by atoms with Crippen molar-refractivity contribution in [1.29, 1.82) is 0 Å². The second-order valence-electron chi connectivity index (χ2n) is 3.42. The first-order valence-electron chi connectivity index (χ1n) is 4.60. The van der Waals surface area contributed by atoms with Gasteiger partial charge in [0.1, 0.15) is 5.75 Å². The number of ether oxygens (including phenoxy) is 1. The van der Waals surface area contributed by atoms with Crippen LogP contribution in [-0.4, -0.2) is 18.3 Å². The molecule has 1 atom stereocenters. The van der Waals surface area contributed by atoms with Crippen molar-refractivity contribution in [2.45, 2.75) is 6.42 Å². The lowest BCUT2D eigenvalue weighted by Gasteiger charge is -2.23. The molecule has 0 N–H and O–H groups in total. The van der Waals surface area contributed by atoms with Crippen LogP contribution in [0.1, 0.15) is 5.56 Å². The molecular formula is C11H11ClO2. The molecule has 0 fully saturated rings. The lowest BCUT2D eigenvalue weighted by Crippen LogP contribution is -2.28. The number of hydrogen-bond donors (Lipinski definition) is 0. The summed E-state index contributed by atoms with van der Waals surface area (Å²) < 4.78 is 5.48. The number of hydrogen-bond acceptors (Lipinski definition) is 2. The van der Waals surface area contributed by atoms with Crippen LogP contribution in [-0.2, 0) is 11.2 Å². The molecule has 0 aromatic heterocycles. The van der Waals surface area contributed by atoms with Gasteiger partial charge in [0.25, 0.3) is 0 Å². The van der Waals surface area contributed by atoms with Crippen LogP contribution < -0.4 is 4.74 Å². The van der Waals surface area contributed by atoms with Gasteiger partial charge in [-0.2, -0.15) is 0 Å². The molecular weight excluding hydrogens is 200 g/mol. The van der Waals surface area contributed by atoms with E-state index < -0.39 is 0 Å². The van der Waals surface area contributed by atoms with Crippen molar-refractivity contribution in [1.82, 2.24) is 0 Å². The molecule has 1 heterocycles. The predicted molar refractivity (Wildman–Crippen MR) is 54.9 cm³/mol. The van der Waals surface area contributed by atoms with Crippen LogP contribution >= 0.6 is 11.6 Å². The second kappa shape index (κ2) is 4.01. The minimum Gasteiger partial charge on any atom is -0.493 e. The number of alkyl halides is 1. The minimum atomic E-state index is -0.0672. The van der Waals surface area contributed by atoms with Gasteiger partial charge < -0.3 is 4.74 Å². The standard InChI is InChI=1S/C11H11ClO2/c12-6-10(13)9-5-8-3-1-2-4-11(8)14-7-9/h1-4,9H,5-7H2. The van der Waals surface area contributed by atoms with Crippen LogP contribution in [0, 0.1) is 5.92 Å². The van der Waals surface area contributed by atoms with Crippen molar-refractivity contribution < 1.29 is 9.53 Å². The summed E-state index contributed by atoms with van der Waals surface area (Å²) >= 11 is 5.51. The minimum absolute atomic E-state index is 0.0672.